The van der Waals surface area contributed by atoms with Crippen LogP contribution < -0.4 is 15.4 Å². The van der Waals surface area contributed by atoms with E-state index < -0.39 is 0 Å². The molecule has 0 unspecified atom stereocenters. The van der Waals surface area contributed by atoms with E-state index in [0.29, 0.717) is 30.0 Å². The largest absolute Gasteiger partial charge is 0.492 e. The van der Waals surface area contributed by atoms with Crippen molar-refractivity contribution in [2.45, 2.75) is 51.1 Å². The van der Waals surface area contributed by atoms with Gasteiger partial charge < -0.3 is 20.3 Å². The van der Waals surface area contributed by atoms with Crippen LogP contribution in [-0.4, -0.2) is 43.2 Å². The van der Waals surface area contributed by atoms with Crippen LogP contribution in [0.1, 0.15) is 50.6 Å². The zero-order chi connectivity index (χ0) is 17.6. The number of urea groups is 1. The molecule has 0 spiro atoms. The molecule has 2 N–H and O–H groups in total. The summed E-state index contributed by atoms with van der Waals surface area (Å²) < 4.78 is 5.63. The SMILES string of the molecule is C[C@@H]1CCCCN1CCCNC(=O)N[C@H]1CCOc2c(Cl)cccc21. The molecular formula is C19H28ClN3O2. The lowest BCUT2D eigenvalue weighted by atomic mass is 10.0. The van der Waals surface area contributed by atoms with Gasteiger partial charge in [-0.2, -0.15) is 0 Å². The molecule has 0 aliphatic carbocycles. The summed E-state index contributed by atoms with van der Waals surface area (Å²) in [6, 6.07) is 6.16. The Hall–Kier alpha value is -1.46. The molecule has 2 atom stereocenters. The number of halogens is 1. The number of amides is 2. The first-order valence-electron chi connectivity index (χ1n) is 9.35. The molecule has 2 heterocycles. The Morgan fingerprint density at radius 2 is 2.24 bits per heavy atom. The summed E-state index contributed by atoms with van der Waals surface area (Å²) in [5.74, 6) is 0.694. The molecule has 1 saturated heterocycles. The number of piperidine rings is 1. The topological polar surface area (TPSA) is 53.6 Å². The Kier molecular flexibility index (Phi) is 6.43. The van der Waals surface area contributed by atoms with E-state index in [4.69, 9.17) is 16.3 Å². The lowest BCUT2D eigenvalue weighted by molar-refractivity contribution is 0.159. The van der Waals surface area contributed by atoms with E-state index >= 15 is 0 Å². The molecule has 138 valence electrons. The van der Waals surface area contributed by atoms with Crippen LogP contribution in [0.3, 0.4) is 0 Å². The molecule has 6 heteroatoms. The summed E-state index contributed by atoms with van der Waals surface area (Å²) >= 11 is 6.17. The van der Waals surface area contributed by atoms with E-state index in [9.17, 15) is 4.79 Å². The smallest absolute Gasteiger partial charge is 0.315 e. The monoisotopic (exact) mass is 365 g/mol. The van der Waals surface area contributed by atoms with Gasteiger partial charge in [-0.3, -0.25) is 0 Å². The van der Waals surface area contributed by atoms with Gasteiger partial charge in [-0.15, -0.1) is 0 Å². The number of nitrogens with zero attached hydrogens (tertiary/aromatic N) is 1. The first-order valence-corrected chi connectivity index (χ1v) is 9.72. The molecule has 1 aromatic carbocycles. The lowest BCUT2D eigenvalue weighted by Gasteiger charge is -2.33. The predicted molar refractivity (Wildman–Crippen MR) is 100 cm³/mol. The maximum Gasteiger partial charge on any atom is 0.315 e. The van der Waals surface area contributed by atoms with Gasteiger partial charge in [0, 0.05) is 31.1 Å². The van der Waals surface area contributed by atoms with Crippen molar-refractivity contribution >= 4 is 17.6 Å². The van der Waals surface area contributed by atoms with Gasteiger partial charge >= 0.3 is 6.03 Å². The van der Waals surface area contributed by atoms with Gasteiger partial charge in [0.2, 0.25) is 0 Å². The van der Waals surface area contributed by atoms with E-state index in [0.717, 1.165) is 24.9 Å². The molecule has 0 saturated carbocycles. The number of rotatable bonds is 5. The fourth-order valence-corrected chi connectivity index (χ4v) is 3.96. The molecule has 0 bridgehead atoms. The van der Waals surface area contributed by atoms with E-state index in [2.05, 4.69) is 22.5 Å². The fourth-order valence-electron chi connectivity index (χ4n) is 3.72. The average molecular weight is 366 g/mol. The van der Waals surface area contributed by atoms with Crippen molar-refractivity contribution in [2.24, 2.45) is 0 Å². The lowest BCUT2D eigenvalue weighted by Crippen LogP contribution is -2.42. The van der Waals surface area contributed by atoms with E-state index in [1.807, 2.05) is 18.2 Å². The van der Waals surface area contributed by atoms with Crippen molar-refractivity contribution in [2.75, 3.05) is 26.2 Å². The van der Waals surface area contributed by atoms with Crippen LogP contribution in [0, 0.1) is 0 Å². The van der Waals surface area contributed by atoms with E-state index in [-0.39, 0.29) is 12.1 Å². The Morgan fingerprint density at radius 3 is 3.08 bits per heavy atom. The van der Waals surface area contributed by atoms with Crippen LogP contribution in [-0.2, 0) is 0 Å². The summed E-state index contributed by atoms with van der Waals surface area (Å²) in [5.41, 5.74) is 0.955. The minimum absolute atomic E-state index is 0.0513. The van der Waals surface area contributed by atoms with Crippen molar-refractivity contribution in [3.05, 3.63) is 28.8 Å². The average Bonchev–Trinajstić information content (AvgIpc) is 2.61. The van der Waals surface area contributed by atoms with Crippen molar-refractivity contribution in [1.82, 2.24) is 15.5 Å². The molecule has 1 fully saturated rings. The zero-order valence-corrected chi connectivity index (χ0v) is 15.6. The predicted octanol–water partition coefficient (Wildman–Crippen LogP) is 3.73. The van der Waals surface area contributed by atoms with Crippen LogP contribution in [0.2, 0.25) is 5.02 Å². The van der Waals surface area contributed by atoms with E-state index in [1.165, 1.54) is 25.8 Å². The summed E-state index contributed by atoms with van der Waals surface area (Å²) in [6.45, 7) is 5.80. The zero-order valence-electron chi connectivity index (χ0n) is 14.9. The standard InChI is InChI=1S/C19H28ClN3O2/c1-14-6-2-3-11-23(14)12-5-10-21-19(24)22-17-9-13-25-18-15(17)7-4-8-16(18)20/h4,7-8,14,17H,2-3,5-6,9-13H2,1H3,(H2,21,22,24)/t14-,17+/m1/s1. The third kappa shape index (κ3) is 4.79. The minimum Gasteiger partial charge on any atom is -0.492 e. The number of fused-ring (bicyclic) bond motifs is 1. The highest BCUT2D eigenvalue weighted by atomic mass is 35.5. The number of carbonyl (C=O) groups excluding carboxylic acids is 1. The highest BCUT2D eigenvalue weighted by Crippen LogP contribution is 2.37. The molecule has 25 heavy (non-hydrogen) atoms. The number of ether oxygens (including phenoxy) is 1. The summed E-state index contributed by atoms with van der Waals surface area (Å²) in [4.78, 5) is 14.7. The van der Waals surface area contributed by atoms with Crippen molar-refractivity contribution in [1.29, 1.82) is 0 Å². The Bertz CT molecular complexity index is 596. The third-order valence-electron chi connectivity index (χ3n) is 5.18. The molecule has 3 rings (SSSR count). The van der Waals surface area contributed by atoms with E-state index in [1.54, 1.807) is 0 Å². The summed E-state index contributed by atoms with van der Waals surface area (Å²) in [6.07, 6.45) is 5.67. The second-order valence-electron chi connectivity index (χ2n) is 6.98. The van der Waals surface area contributed by atoms with Gasteiger partial charge in [0.25, 0.3) is 0 Å². The summed E-state index contributed by atoms with van der Waals surface area (Å²) in [5, 5.41) is 6.62. The van der Waals surface area contributed by atoms with Gasteiger partial charge in [-0.1, -0.05) is 30.2 Å². The minimum atomic E-state index is -0.121. The van der Waals surface area contributed by atoms with Crippen molar-refractivity contribution in [3.8, 4) is 5.75 Å². The van der Waals surface area contributed by atoms with Crippen LogP contribution >= 0.6 is 11.6 Å². The fraction of sp³-hybridized carbons (Fsp3) is 0.632. The number of benzene rings is 1. The third-order valence-corrected chi connectivity index (χ3v) is 5.48. The maximum absolute atomic E-state index is 12.2. The van der Waals surface area contributed by atoms with Gasteiger partial charge in [0.1, 0.15) is 5.75 Å². The molecular weight excluding hydrogens is 338 g/mol. The number of nitrogens with one attached hydrogen (secondary N) is 2. The molecule has 2 aliphatic rings. The highest BCUT2D eigenvalue weighted by Gasteiger charge is 2.24. The first-order chi connectivity index (χ1) is 12.1. The number of hydrogen-bond donors (Lipinski definition) is 2. The first kappa shape index (κ1) is 18.3. The Morgan fingerprint density at radius 1 is 1.36 bits per heavy atom. The molecule has 0 aromatic heterocycles. The maximum atomic E-state index is 12.2. The van der Waals surface area contributed by atoms with Gasteiger partial charge in [0.05, 0.1) is 17.7 Å². The molecule has 2 amide bonds. The van der Waals surface area contributed by atoms with Gasteiger partial charge in [-0.25, -0.2) is 4.79 Å². The van der Waals surface area contributed by atoms with Crippen molar-refractivity contribution < 1.29 is 9.53 Å². The normalized spacial score (nSPS) is 23.4. The van der Waals surface area contributed by atoms with Crippen LogP contribution in [0.5, 0.6) is 5.75 Å². The van der Waals surface area contributed by atoms with Crippen LogP contribution in [0.25, 0.3) is 0 Å². The second-order valence-corrected chi connectivity index (χ2v) is 7.39. The summed E-state index contributed by atoms with van der Waals surface area (Å²) in [7, 11) is 0. The van der Waals surface area contributed by atoms with Gasteiger partial charge in [0.15, 0.2) is 0 Å². The Balaban J connectivity index is 1.42. The molecule has 5 nitrogen and oxygen atoms in total. The highest BCUT2D eigenvalue weighted by molar-refractivity contribution is 6.32. The number of para-hydroxylation sites is 1. The number of likely N-dealkylation sites (tertiary alicyclic amines) is 1. The quantitative estimate of drug-likeness (QED) is 0.782. The second kappa shape index (κ2) is 8.77. The number of carbonyl (C=O) groups is 1. The molecule has 2 aliphatic heterocycles. The van der Waals surface area contributed by atoms with Crippen molar-refractivity contribution in [3.63, 3.8) is 0 Å². The number of hydrogen-bond acceptors (Lipinski definition) is 3. The van der Waals surface area contributed by atoms with Crippen LogP contribution in [0.15, 0.2) is 18.2 Å². The molecule has 0 radical (unpaired) electrons. The van der Waals surface area contributed by atoms with Gasteiger partial charge in [-0.05, 0) is 38.8 Å². The Labute approximate surface area is 155 Å². The van der Waals surface area contributed by atoms with Crippen LogP contribution in [0.4, 0.5) is 4.79 Å². The molecule has 1 aromatic rings.